The van der Waals surface area contributed by atoms with Crippen LogP contribution in [-0.2, 0) is 6.54 Å². The Bertz CT molecular complexity index is 673. The Morgan fingerprint density at radius 3 is 1.58 bits per heavy atom. The van der Waals surface area contributed by atoms with Crippen molar-refractivity contribution in [2.75, 3.05) is 12.4 Å². The molecule has 0 amide bonds. The first-order valence-electron chi connectivity index (χ1n) is 8.32. The van der Waals surface area contributed by atoms with Crippen LogP contribution in [0, 0.1) is 0 Å². The van der Waals surface area contributed by atoms with Crippen LogP contribution < -0.4 is 0 Å². The predicted octanol–water partition coefficient (Wildman–Crippen LogP) is 5.52. The summed E-state index contributed by atoms with van der Waals surface area (Å²) in [5.41, 5.74) is 3.90. The van der Waals surface area contributed by atoms with Crippen molar-refractivity contribution in [3.05, 3.63) is 108 Å². The fraction of sp³-hybridized carbons (Fsp3) is 0.182. The van der Waals surface area contributed by atoms with Gasteiger partial charge in [0.1, 0.15) is 0 Å². The first-order chi connectivity index (χ1) is 11.9. The average molecular weight is 336 g/mol. The highest BCUT2D eigenvalue weighted by Gasteiger charge is 2.21. The van der Waals surface area contributed by atoms with Crippen LogP contribution in [0.2, 0.25) is 0 Å². The Morgan fingerprint density at radius 1 is 0.667 bits per heavy atom. The first kappa shape index (κ1) is 16.8. The molecule has 0 heterocycles. The molecule has 3 rings (SSSR count). The summed E-state index contributed by atoms with van der Waals surface area (Å²) < 4.78 is 0. The lowest BCUT2D eigenvalue weighted by atomic mass is 9.96. The molecule has 0 aliphatic carbocycles. The quantitative estimate of drug-likeness (QED) is 0.514. The monoisotopic (exact) mass is 335 g/mol. The Balaban J connectivity index is 1.97. The van der Waals surface area contributed by atoms with E-state index in [1.165, 1.54) is 16.7 Å². The summed E-state index contributed by atoms with van der Waals surface area (Å²) in [4.78, 5) is 2.45. The van der Waals surface area contributed by atoms with E-state index in [4.69, 9.17) is 11.6 Å². The molecule has 0 atom stereocenters. The molecule has 0 aliphatic rings. The number of hydrogen-bond acceptors (Lipinski definition) is 1. The molecular formula is C22H22ClN. The van der Waals surface area contributed by atoms with Crippen molar-refractivity contribution in [3.63, 3.8) is 0 Å². The molecule has 0 aromatic heterocycles. The molecule has 0 N–H and O–H groups in total. The third-order valence-electron chi connectivity index (χ3n) is 4.20. The van der Waals surface area contributed by atoms with Gasteiger partial charge in [-0.1, -0.05) is 91.0 Å². The van der Waals surface area contributed by atoms with E-state index in [-0.39, 0.29) is 6.04 Å². The molecule has 3 aromatic carbocycles. The van der Waals surface area contributed by atoms with E-state index in [1.807, 2.05) is 0 Å². The van der Waals surface area contributed by atoms with Crippen LogP contribution in [0.15, 0.2) is 91.0 Å². The van der Waals surface area contributed by atoms with Crippen molar-refractivity contribution < 1.29 is 0 Å². The maximum atomic E-state index is 6.14. The van der Waals surface area contributed by atoms with Gasteiger partial charge in [-0.3, -0.25) is 4.90 Å². The van der Waals surface area contributed by atoms with Crippen LogP contribution >= 0.6 is 11.6 Å². The summed E-state index contributed by atoms with van der Waals surface area (Å²) in [7, 11) is 0. The Kier molecular flexibility index (Phi) is 6.06. The molecule has 0 radical (unpaired) electrons. The molecule has 0 saturated heterocycles. The highest BCUT2D eigenvalue weighted by molar-refractivity contribution is 6.18. The fourth-order valence-electron chi connectivity index (χ4n) is 3.11. The van der Waals surface area contributed by atoms with E-state index >= 15 is 0 Å². The topological polar surface area (TPSA) is 3.24 Å². The van der Waals surface area contributed by atoms with Gasteiger partial charge < -0.3 is 0 Å². The zero-order valence-electron chi connectivity index (χ0n) is 13.7. The molecule has 1 nitrogen and oxygen atoms in total. The Morgan fingerprint density at radius 2 is 1.12 bits per heavy atom. The van der Waals surface area contributed by atoms with Gasteiger partial charge >= 0.3 is 0 Å². The molecule has 0 spiro atoms. The van der Waals surface area contributed by atoms with Crippen molar-refractivity contribution in [2.45, 2.75) is 12.6 Å². The molecule has 2 heteroatoms. The zero-order chi connectivity index (χ0) is 16.6. The van der Waals surface area contributed by atoms with Crippen molar-refractivity contribution in [3.8, 4) is 0 Å². The second-order valence-electron chi connectivity index (χ2n) is 5.87. The normalized spacial score (nSPS) is 11.1. The molecule has 122 valence electrons. The van der Waals surface area contributed by atoms with E-state index in [9.17, 15) is 0 Å². The van der Waals surface area contributed by atoms with Gasteiger partial charge in [0.25, 0.3) is 0 Å². The number of nitrogens with zero attached hydrogens (tertiary/aromatic N) is 1. The number of hydrogen-bond donors (Lipinski definition) is 0. The summed E-state index contributed by atoms with van der Waals surface area (Å²) in [5.74, 6) is 0.614. The predicted molar refractivity (Wildman–Crippen MR) is 102 cm³/mol. The molecule has 0 bridgehead atoms. The highest BCUT2D eigenvalue weighted by Crippen LogP contribution is 2.29. The number of halogens is 1. The van der Waals surface area contributed by atoms with E-state index in [0.717, 1.165) is 13.1 Å². The molecular weight excluding hydrogens is 314 g/mol. The zero-order valence-corrected chi connectivity index (χ0v) is 14.4. The van der Waals surface area contributed by atoms with Crippen LogP contribution in [0.25, 0.3) is 0 Å². The standard InChI is InChI=1S/C22H22ClN/c23-16-17-24(18-19-10-4-1-5-11-19)22(20-12-6-2-7-13-20)21-14-8-3-9-15-21/h1-15,22H,16-18H2. The molecule has 0 unspecified atom stereocenters. The van der Waals surface area contributed by atoms with Gasteiger partial charge in [-0.2, -0.15) is 0 Å². The summed E-state index contributed by atoms with van der Waals surface area (Å²) in [6.07, 6.45) is 0. The van der Waals surface area contributed by atoms with Crippen molar-refractivity contribution in [1.29, 1.82) is 0 Å². The second-order valence-corrected chi connectivity index (χ2v) is 6.25. The van der Waals surface area contributed by atoms with Crippen LogP contribution in [0.1, 0.15) is 22.7 Å². The molecule has 3 aromatic rings. The number of benzene rings is 3. The summed E-state index contributed by atoms with van der Waals surface area (Å²) in [6.45, 7) is 1.72. The lowest BCUT2D eigenvalue weighted by Gasteiger charge is -2.32. The summed E-state index contributed by atoms with van der Waals surface area (Å²) >= 11 is 6.14. The van der Waals surface area contributed by atoms with Crippen molar-refractivity contribution in [2.24, 2.45) is 0 Å². The van der Waals surface area contributed by atoms with E-state index in [1.54, 1.807) is 0 Å². The van der Waals surface area contributed by atoms with E-state index in [2.05, 4.69) is 95.9 Å². The van der Waals surface area contributed by atoms with Gasteiger partial charge in [0.05, 0.1) is 6.04 Å². The van der Waals surface area contributed by atoms with E-state index < -0.39 is 0 Å². The molecule has 0 saturated carbocycles. The minimum Gasteiger partial charge on any atom is -0.287 e. The van der Waals surface area contributed by atoms with Gasteiger partial charge in [-0.25, -0.2) is 0 Å². The fourth-order valence-corrected chi connectivity index (χ4v) is 3.33. The number of rotatable bonds is 7. The summed E-state index contributed by atoms with van der Waals surface area (Å²) in [6, 6.07) is 32.1. The summed E-state index contributed by atoms with van der Waals surface area (Å²) in [5, 5.41) is 0. The Hall–Kier alpha value is -2.09. The first-order valence-corrected chi connectivity index (χ1v) is 8.86. The minimum absolute atomic E-state index is 0.200. The molecule has 0 fully saturated rings. The number of alkyl halides is 1. The van der Waals surface area contributed by atoms with Crippen LogP contribution in [0.4, 0.5) is 0 Å². The maximum absolute atomic E-state index is 6.14. The van der Waals surface area contributed by atoms with Gasteiger partial charge in [0.15, 0.2) is 0 Å². The lowest BCUT2D eigenvalue weighted by Crippen LogP contribution is -2.31. The molecule has 0 aliphatic heterocycles. The average Bonchev–Trinajstić information content (AvgIpc) is 2.65. The third kappa shape index (κ3) is 4.25. The molecule has 24 heavy (non-hydrogen) atoms. The van der Waals surface area contributed by atoms with Crippen LogP contribution in [-0.4, -0.2) is 17.3 Å². The van der Waals surface area contributed by atoms with Crippen LogP contribution in [0.3, 0.4) is 0 Å². The van der Waals surface area contributed by atoms with Crippen molar-refractivity contribution >= 4 is 11.6 Å². The SMILES string of the molecule is ClCCN(Cc1ccccc1)C(c1ccccc1)c1ccccc1. The van der Waals surface area contributed by atoms with Crippen molar-refractivity contribution in [1.82, 2.24) is 4.90 Å². The highest BCUT2D eigenvalue weighted by atomic mass is 35.5. The largest absolute Gasteiger partial charge is 0.287 e. The van der Waals surface area contributed by atoms with Gasteiger partial charge in [-0.15, -0.1) is 11.6 Å². The van der Waals surface area contributed by atoms with Gasteiger partial charge in [0, 0.05) is 19.0 Å². The second kappa shape index (κ2) is 8.68. The minimum atomic E-state index is 0.200. The Labute approximate surface area is 149 Å². The maximum Gasteiger partial charge on any atom is 0.0605 e. The third-order valence-corrected chi connectivity index (χ3v) is 4.37. The van der Waals surface area contributed by atoms with Gasteiger partial charge in [0.2, 0.25) is 0 Å². The smallest absolute Gasteiger partial charge is 0.0605 e. The van der Waals surface area contributed by atoms with Crippen LogP contribution in [0.5, 0.6) is 0 Å². The van der Waals surface area contributed by atoms with E-state index in [0.29, 0.717) is 5.88 Å². The lowest BCUT2D eigenvalue weighted by molar-refractivity contribution is 0.230. The van der Waals surface area contributed by atoms with Gasteiger partial charge in [-0.05, 0) is 16.7 Å².